The van der Waals surface area contributed by atoms with Gasteiger partial charge in [-0.1, -0.05) is 13.0 Å². The molecule has 1 aromatic heterocycles. The van der Waals surface area contributed by atoms with Gasteiger partial charge in [0.15, 0.2) is 5.96 Å². The molecule has 0 aliphatic carbocycles. The lowest BCUT2D eigenvalue weighted by Gasteiger charge is -2.07. The van der Waals surface area contributed by atoms with Crippen LogP contribution >= 0.6 is 35.3 Å². The number of rotatable bonds is 4. The van der Waals surface area contributed by atoms with Gasteiger partial charge in [-0.15, -0.1) is 35.3 Å². The summed E-state index contributed by atoms with van der Waals surface area (Å²) in [6.07, 6.45) is 1.07. The molecule has 114 valence electrons. The molecule has 1 aromatic carbocycles. The van der Waals surface area contributed by atoms with Crippen LogP contribution in [0.3, 0.4) is 0 Å². The van der Waals surface area contributed by atoms with Gasteiger partial charge in [0.25, 0.3) is 0 Å². The second-order valence-electron chi connectivity index (χ2n) is 4.92. The molecule has 3 nitrogen and oxygen atoms in total. The Kier molecular flexibility index (Phi) is 7.17. The third-order valence-corrected chi connectivity index (χ3v) is 4.18. The normalized spacial score (nSPS) is 11.1. The zero-order chi connectivity index (χ0) is 14.5. The number of aliphatic imine (C=N–C) groups is 1. The average Bonchev–Trinajstić information content (AvgIpc) is 2.83. The van der Waals surface area contributed by atoms with Crippen LogP contribution in [-0.2, 0) is 13.0 Å². The SMILES string of the molecule is CCc1ccc(CN=C(N)Nc2cc(C)cc(C)c2)s1.I. The van der Waals surface area contributed by atoms with Crippen LogP contribution in [-0.4, -0.2) is 5.96 Å². The molecular weight excluding hydrogens is 393 g/mol. The average molecular weight is 415 g/mol. The summed E-state index contributed by atoms with van der Waals surface area (Å²) in [4.78, 5) is 7.02. The van der Waals surface area contributed by atoms with Crippen LogP contribution in [0.15, 0.2) is 35.3 Å². The van der Waals surface area contributed by atoms with E-state index in [9.17, 15) is 0 Å². The lowest BCUT2D eigenvalue weighted by molar-refractivity contribution is 1.09. The first-order valence-electron chi connectivity index (χ1n) is 6.79. The second-order valence-corrected chi connectivity index (χ2v) is 6.18. The highest BCUT2D eigenvalue weighted by molar-refractivity contribution is 14.0. The molecule has 2 rings (SSSR count). The smallest absolute Gasteiger partial charge is 0.193 e. The number of thiophene rings is 1. The van der Waals surface area contributed by atoms with Gasteiger partial charge in [0.1, 0.15) is 0 Å². The van der Waals surface area contributed by atoms with E-state index in [0.717, 1.165) is 12.1 Å². The molecule has 0 atom stereocenters. The van der Waals surface area contributed by atoms with Crippen molar-refractivity contribution in [3.05, 3.63) is 51.2 Å². The highest BCUT2D eigenvalue weighted by atomic mass is 127. The first-order valence-corrected chi connectivity index (χ1v) is 7.61. The number of nitrogens with one attached hydrogen (secondary N) is 1. The summed E-state index contributed by atoms with van der Waals surface area (Å²) in [7, 11) is 0. The number of guanidine groups is 1. The van der Waals surface area contributed by atoms with Gasteiger partial charge in [-0.25, -0.2) is 4.99 Å². The molecule has 0 saturated carbocycles. The predicted octanol–water partition coefficient (Wildman–Crippen LogP) is 4.47. The minimum atomic E-state index is 0. The topological polar surface area (TPSA) is 50.4 Å². The van der Waals surface area contributed by atoms with E-state index in [1.807, 2.05) is 0 Å². The summed E-state index contributed by atoms with van der Waals surface area (Å²) in [6.45, 7) is 6.94. The Morgan fingerprint density at radius 3 is 2.33 bits per heavy atom. The summed E-state index contributed by atoms with van der Waals surface area (Å²) in [5.41, 5.74) is 9.35. The maximum atomic E-state index is 5.94. The maximum Gasteiger partial charge on any atom is 0.193 e. The Morgan fingerprint density at radius 2 is 1.76 bits per heavy atom. The van der Waals surface area contributed by atoms with Crippen LogP contribution in [0.4, 0.5) is 5.69 Å². The molecule has 0 radical (unpaired) electrons. The second kappa shape index (κ2) is 8.38. The third kappa shape index (κ3) is 5.67. The van der Waals surface area contributed by atoms with Gasteiger partial charge in [-0.2, -0.15) is 0 Å². The number of benzene rings is 1. The van der Waals surface area contributed by atoms with Gasteiger partial charge in [0.05, 0.1) is 6.54 Å². The summed E-state index contributed by atoms with van der Waals surface area (Å²) < 4.78 is 0. The number of nitrogens with zero attached hydrogens (tertiary/aromatic N) is 1. The van der Waals surface area contributed by atoms with E-state index in [0.29, 0.717) is 12.5 Å². The lowest BCUT2D eigenvalue weighted by Crippen LogP contribution is -2.22. The van der Waals surface area contributed by atoms with Gasteiger partial charge in [0, 0.05) is 15.4 Å². The Labute approximate surface area is 147 Å². The van der Waals surface area contributed by atoms with E-state index in [1.165, 1.54) is 20.9 Å². The van der Waals surface area contributed by atoms with Gasteiger partial charge >= 0.3 is 0 Å². The van der Waals surface area contributed by atoms with Crippen molar-refractivity contribution in [2.24, 2.45) is 10.7 Å². The molecule has 0 bridgehead atoms. The molecule has 0 saturated heterocycles. The molecule has 0 amide bonds. The molecule has 3 N–H and O–H groups in total. The number of anilines is 1. The molecule has 0 aliphatic heterocycles. The molecular formula is C16H22IN3S. The fraction of sp³-hybridized carbons (Fsp3) is 0.312. The first-order chi connectivity index (χ1) is 9.56. The van der Waals surface area contributed by atoms with Crippen molar-refractivity contribution >= 4 is 47.0 Å². The van der Waals surface area contributed by atoms with Gasteiger partial charge < -0.3 is 11.1 Å². The van der Waals surface area contributed by atoms with E-state index in [2.05, 4.69) is 61.4 Å². The fourth-order valence-corrected chi connectivity index (χ4v) is 2.98. The van der Waals surface area contributed by atoms with Gasteiger partial charge in [-0.05, 0) is 55.7 Å². The minimum absolute atomic E-state index is 0. The van der Waals surface area contributed by atoms with Gasteiger partial charge in [0.2, 0.25) is 0 Å². The minimum Gasteiger partial charge on any atom is -0.370 e. The predicted molar refractivity (Wildman–Crippen MR) is 104 cm³/mol. The Balaban J connectivity index is 0.00000220. The van der Waals surface area contributed by atoms with Crippen molar-refractivity contribution in [3.8, 4) is 0 Å². The fourth-order valence-electron chi connectivity index (χ4n) is 2.09. The molecule has 21 heavy (non-hydrogen) atoms. The van der Waals surface area contributed by atoms with E-state index in [4.69, 9.17) is 5.73 Å². The first kappa shape index (κ1) is 18.0. The zero-order valence-electron chi connectivity index (χ0n) is 12.6. The Bertz CT molecular complexity index is 599. The van der Waals surface area contributed by atoms with E-state index in [-0.39, 0.29) is 24.0 Å². The summed E-state index contributed by atoms with van der Waals surface area (Å²) in [6, 6.07) is 10.5. The highest BCUT2D eigenvalue weighted by Crippen LogP contribution is 2.18. The third-order valence-electron chi connectivity index (χ3n) is 2.97. The summed E-state index contributed by atoms with van der Waals surface area (Å²) >= 11 is 1.80. The van der Waals surface area contributed by atoms with Crippen molar-refractivity contribution < 1.29 is 0 Å². The molecule has 0 aliphatic rings. The largest absolute Gasteiger partial charge is 0.370 e. The van der Waals surface area contributed by atoms with Crippen molar-refractivity contribution in [1.29, 1.82) is 0 Å². The standard InChI is InChI=1S/C16H21N3S.HI/c1-4-14-5-6-15(20-14)10-18-16(17)19-13-8-11(2)7-12(3)9-13;/h5-9H,4,10H2,1-3H3,(H3,17,18,19);1H. The molecule has 1 heterocycles. The number of aryl methyl sites for hydroxylation is 3. The quantitative estimate of drug-likeness (QED) is 0.440. The van der Waals surface area contributed by atoms with E-state index in [1.54, 1.807) is 11.3 Å². The van der Waals surface area contributed by atoms with Crippen LogP contribution < -0.4 is 11.1 Å². The maximum absolute atomic E-state index is 5.94. The molecule has 2 aromatic rings. The Morgan fingerprint density at radius 1 is 1.14 bits per heavy atom. The van der Waals surface area contributed by atoms with Gasteiger partial charge in [-0.3, -0.25) is 0 Å². The molecule has 0 spiro atoms. The van der Waals surface area contributed by atoms with Crippen molar-refractivity contribution in [2.75, 3.05) is 5.32 Å². The highest BCUT2D eigenvalue weighted by Gasteiger charge is 2.00. The molecule has 0 fully saturated rings. The Hall–Kier alpha value is -1.08. The van der Waals surface area contributed by atoms with E-state index < -0.39 is 0 Å². The number of halogens is 1. The monoisotopic (exact) mass is 415 g/mol. The number of hydrogen-bond acceptors (Lipinski definition) is 2. The number of hydrogen-bond donors (Lipinski definition) is 2. The molecule has 5 heteroatoms. The van der Waals surface area contributed by atoms with Crippen molar-refractivity contribution in [2.45, 2.75) is 33.7 Å². The van der Waals surface area contributed by atoms with Crippen LogP contribution in [0, 0.1) is 13.8 Å². The van der Waals surface area contributed by atoms with Crippen molar-refractivity contribution in [3.63, 3.8) is 0 Å². The summed E-state index contributed by atoms with van der Waals surface area (Å²) in [5.74, 6) is 0.460. The zero-order valence-corrected chi connectivity index (χ0v) is 15.8. The van der Waals surface area contributed by atoms with Crippen LogP contribution in [0.5, 0.6) is 0 Å². The number of nitrogens with two attached hydrogens (primary N) is 1. The van der Waals surface area contributed by atoms with Crippen molar-refractivity contribution in [1.82, 2.24) is 0 Å². The molecule has 0 unspecified atom stereocenters. The van der Waals surface area contributed by atoms with Crippen LogP contribution in [0.2, 0.25) is 0 Å². The van der Waals surface area contributed by atoms with Crippen LogP contribution in [0.1, 0.15) is 27.8 Å². The lowest BCUT2D eigenvalue weighted by atomic mass is 10.1. The summed E-state index contributed by atoms with van der Waals surface area (Å²) in [5, 5.41) is 3.15. The van der Waals surface area contributed by atoms with Crippen LogP contribution in [0.25, 0.3) is 0 Å². The van der Waals surface area contributed by atoms with E-state index >= 15 is 0 Å².